The Labute approximate surface area is 65.3 Å². The zero-order valence-corrected chi connectivity index (χ0v) is 6.32. The second-order valence-electron chi connectivity index (χ2n) is 2.76. The first-order chi connectivity index (χ1) is 5.25. The first-order valence-electron chi connectivity index (χ1n) is 3.76. The van der Waals surface area contributed by atoms with Crippen LogP contribution in [0.1, 0.15) is 19.3 Å². The molecule has 1 rings (SSSR count). The minimum atomic E-state index is -0.392. The number of likely N-dealkylation sites (tertiary alicyclic amines) is 1. The molecule has 1 heterocycles. The first-order valence-corrected chi connectivity index (χ1v) is 3.76. The van der Waals surface area contributed by atoms with Crippen molar-refractivity contribution in [3.05, 3.63) is 0 Å². The van der Waals surface area contributed by atoms with Crippen molar-refractivity contribution in [2.45, 2.75) is 25.3 Å². The lowest BCUT2D eigenvalue weighted by Gasteiger charge is -2.29. The molecule has 0 aliphatic carbocycles. The number of hydrogen-bond donors (Lipinski definition) is 1. The van der Waals surface area contributed by atoms with Gasteiger partial charge in [0.15, 0.2) is 0 Å². The van der Waals surface area contributed by atoms with Crippen LogP contribution in [0.25, 0.3) is 0 Å². The van der Waals surface area contributed by atoms with E-state index in [1.165, 1.54) is 4.90 Å². The van der Waals surface area contributed by atoms with Gasteiger partial charge in [0.2, 0.25) is 12.3 Å². The third kappa shape index (κ3) is 1.69. The molecule has 1 atom stereocenters. The Morgan fingerprint density at radius 2 is 2.27 bits per heavy atom. The third-order valence-corrected chi connectivity index (χ3v) is 2.01. The fraction of sp³-hybridized carbons (Fsp3) is 0.714. The van der Waals surface area contributed by atoms with Gasteiger partial charge < -0.3 is 10.6 Å². The molecular formula is C7H12N2O2. The molecule has 1 fully saturated rings. The Hall–Kier alpha value is -1.06. The summed E-state index contributed by atoms with van der Waals surface area (Å²) in [6.45, 7) is 0.664. The van der Waals surface area contributed by atoms with Crippen molar-refractivity contribution in [3.63, 3.8) is 0 Å². The van der Waals surface area contributed by atoms with E-state index in [0.717, 1.165) is 12.8 Å². The number of carbonyl (C=O) groups is 2. The quantitative estimate of drug-likeness (QED) is 0.547. The van der Waals surface area contributed by atoms with Gasteiger partial charge in [0.05, 0.1) is 0 Å². The number of rotatable bonds is 2. The van der Waals surface area contributed by atoms with E-state index in [1.807, 2.05) is 0 Å². The summed E-state index contributed by atoms with van der Waals surface area (Å²) in [6, 6.07) is -0.360. The molecule has 1 aliphatic rings. The van der Waals surface area contributed by atoms with Gasteiger partial charge in [-0.1, -0.05) is 0 Å². The molecule has 0 radical (unpaired) electrons. The average Bonchev–Trinajstić information content (AvgIpc) is 2.04. The van der Waals surface area contributed by atoms with E-state index in [2.05, 4.69) is 0 Å². The average molecular weight is 156 g/mol. The van der Waals surface area contributed by atoms with Crippen molar-refractivity contribution in [2.75, 3.05) is 6.54 Å². The van der Waals surface area contributed by atoms with Gasteiger partial charge in [0.1, 0.15) is 6.04 Å². The van der Waals surface area contributed by atoms with E-state index in [1.54, 1.807) is 0 Å². The summed E-state index contributed by atoms with van der Waals surface area (Å²) in [6.07, 6.45) is 3.38. The molecule has 2 N–H and O–H groups in total. The van der Waals surface area contributed by atoms with Gasteiger partial charge in [-0.3, -0.25) is 9.59 Å². The van der Waals surface area contributed by atoms with Gasteiger partial charge in [-0.05, 0) is 19.3 Å². The summed E-state index contributed by atoms with van der Waals surface area (Å²) < 4.78 is 0. The normalized spacial score (nSPS) is 24.7. The molecular weight excluding hydrogens is 144 g/mol. The zero-order valence-electron chi connectivity index (χ0n) is 6.32. The van der Waals surface area contributed by atoms with Crippen LogP contribution in [0.2, 0.25) is 0 Å². The SMILES string of the molecule is NC(=O)C1CCCCN1C=O. The number of carbonyl (C=O) groups excluding carboxylic acids is 2. The Morgan fingerprint density at radius 3 is 2.73 bits per heavy atom. The maximum absolute atomic E-state index is 10.7. The minimum Gasteiger partial charge on any atom is -0.368 e. The van der Waals surface area contributed by atoms with E-state index < -0.39 is 5.91 Å². The van der Waals surface area contributed by atoms with Crippen LogP contribution in [0.15, 0.2) is 0 Å². The van der Waals surface area contributed by atoms with Crippen molar-refractivity contribution >= 4 is 12.3 Å². The van der Waals surface area contributed by atoms with Crippen LogP contribution in [-0.4, -0.2) is 29.8 Å². The van der Waals surface area contributed by atoms with Gasteiger partial charge >= 0.3 is 0 Å². The highest BCUT2D eigenvalue weighted by atomic mass is 16.2. The third-order valence-electron chi connectivity index (χ3n) is 2.01. The molecule has 62 valence electrons. The maximum Gasteiger partial charge on any atom is 0.240 e. The van der Waals surface area contributed by atoms with E-state index in [0.29, 0.717) is 19.4 Å². The second-order valence-corrected chi connectivity index (χ2v) is 2.76. The molecule has 0 bridgehead atoms. The highest BCUT2D eigenvalue weighted by Gasteiger charge is 2.24. The fourth-order valence-electron chi connectivity index (χ4n) is 1.39. The Balaban J connectivity index is 2.58. The van der Waals surface area contributed by atoms with Crippen LogP contribution in [0.3, 0.4) is 0 Å². The second kappa shape index (κ2) is 3.37. The number of amides is 2. The van der Waals surface area contributed by atoms with E-state index in [4.69, 9.17) is 5.73 Å². The Morgan fingerprint density at radius 1 is 1.55 bits per heavy atom. The molecule has 4 heteroatoms. The lowest BCUT2D eigenvalue weighted by atomic mass is 10.0. The van der Waals surface area contributed by atoms with Gasteiger partial charge in [-0.25, -0.2) is 0 Å². The molecule has 0 aromatic carbocycles. The molecule has 0 aromatic rings. The molecule has 0 spiro atoms. The molecule has 2 amide bonds. The Bertz CT molecular complexity index is 170. The fourth-order valence-corrected chi connectivity index (χ4v) is 1.39. The van der Waals surface area contributed by atoms with Crippen molar-refractivity contribution in [2.24, 2.45) is 5.73 Å². The molecule has 1 aliphatic heterocycles. The molecule has 11 heavy (non-hydrogen) atoms. The number of piperidine rings is 1. The summed E-state index contributed by atoms with van der Waals surface area (Å²) >= 11 is 0. The van der Waals surface area contributed by atoms with Crippen LogP contribution < -0.4 is 5.73 Å². The van der Waals surface area contributed by atoms with Gasteiger partial charge in [0, 0.05) is 6.54 Å². The van der Waals surface area contributed by atoms with Crippen LogP contribution in [0.5, 0.6) is 0 Å². The summed E-state index contributed by atoms with van der Waals surface area (Å²) in [7, 11) is 0. The number of hydrogen-bond acceptors (Lipinski definition) is 2. The Kier molecular flexibility index (Phi) is 2.46. The lowest BCUT2D eigenvalue weighted by molar-refractivity contribution is -0.132. The molecule has 0 aromatic heterocycles. The number of primary amides is 1. The molecule has 1 unspecified atom stereocenters. The largest absolute Gasteiger partial charge is 0.368 e. The maximum atomic E-state index is 10.7. The predicted octanol–water partition coefficient (Wildman–Crippen LogP) is -0.517. The van der Waals surface area contributed by atoms with Crippen LogP contribution in [0.4, 0.5) is 0 Å². The van der Waals surface area contributed by atoms with Gasteiger partial charge in [0.25, 0.3) is 0 Å². The highest BCUT2D eigenvalue weighted by molar-refractivity contribution is 5.82. The first kappa shape index (κ1) is 8.04. The monoisotopic (exact) mass is 156 g/mol. The highest BCUT2D eigenvalue weighted by Crippen LogP contribution is 2.14. The predicted molar refractivity (Wildman–Crippen MR) is 39.6 cm³/mol. The summed E-state index contributed by atoms with van der Waals surface area (Å²) in [5.41, 5.74) is 5.09. The smallest absolute Gasteiger partial charge is 0.240 e. The number of nitrogens with two attached hydrogens (primary N) is 1. The molecule has 4 nitrogen and oxygen atoms in total. The van der Waals surface area contributed by atoms with E-state index in [9.17, 15) is 9.59 Å². The minimum absolute atomic E-state index is 0.360. The van der Waals surface area contributed by atoms with Crippen LogP contribution in [-0.2, 0) is 9.59 Å². The van der Waals surface area contributed by atoms with Gasteiger partial charge in [-0.15, -0.1) is 0 Å². The van der Waals surface area contributed by atoms with Crippen LogP contribution in [0, 0.1) is 0 Å². The summed E-state index contributed by atoms with van der Waals surface area (Å²) in [4.78, 5) is 22.6. The molecule has 0 saturated carbocycles. The number of nitrogens with zero attached hydrogens (tertiary/aromatic N) is 1. The van der Waals surface area contributed by atoms with E-state index in [-0.39, 0.29) is 6.04 Å². The van der Waals surface area contributed by atoms with E-state index >= 15 is 0 Å². The van der Waals surface area contributed by atoms with Crippen molar-refractivity contribution in [3.8, 4) is 0 Å². The lowest BCUT2D eigenvalue weighted by Crippen LogP contribution is -2.46. The topological polar surface area (TPSA) is 63.4 Å². The van der Waals surface area contributed by atoms with Crippen molar-refractivity contribution in [1.29, 1.82) is 0 Å². The zero-order chi connectivity index (χ0) is 8.27. The van der Waals surface area contributed by atoms with Crippen molar-refractivity contribution in [1.82, 2.24) is 4.90 Å². The standard InChI is InChI=1S/C7H12N2O2/c8-7(11)6-3-1-2-4-9(6)5-10/h5-6H,1-4H2,(H2,8,11). The molecule has 1 saturated heterocycles. The summed E-state index contributed by atoms with van der Waals surface area (Å²) in [5.74, 6) is -0.392. The summed E-state index contributed by atoms with van der Waals surface area (Å²) in [5, 5.41) is 0. The van der Waals surface area contributed by atoms with Crippen molar-refractivity contribution < 1.29 is 9.59 Å². The van der Waals surface area contributed by atoms with Crippen LogP contribution >= 0.6 is 0 Å². The van der Waals surface area contributed by atoms with Gasteiger partial charge in [-0.2, -0.15) is 0 Å².